The van der Waals surface area contributed by atoms with E-state index in [4.69, 9.17) is 5.73 Å². The number of sulfone groups is 1. The van der Waals surface area contributed by atoms with Gasteiger partial charge >= 0.3 is 0 Å². The van der Waals surface area contributed by atoms with Crippen LogP contribution in [-0.2, 0) is 14.6 Å². The van der Waals surface area contributed by atoms with Crippen molar-refractivity contribution < 1.29 is 13.2 Å². The number of aromatic nitrogens is 1. The van der Waals surface area contributed by atoms with Gasteiger partial charge in [0.2, 0.25) is 5.91 Å². The maximum absolute atomic E-state index is 11.1. The molecule has 1 aromatic rings. The van der Waals surface area contributed by atoms with Crippen molar-refractivity contribution in [3.05, 3.63) is 12.3 Å². The van der Waals surface area contributed by atoms with Crippen LogP contribution in [0.3, 0.4) is 0 Å². The Kier molecular flexibility index (Phi) is 2.94. The molecule has 0 unspecified atom stereocenters. The largest absolute Gasteiger partial charge is 0.396 e. The van der Waals surface area contributed by atoms with Crippen molar-refractivity contribution in [2.24, 2.45) is 0 Å². The molecule has 0 aromatic carbocycles. The first kappa shape index (κ1) is 11.4. The van der Waals surface area contributed by atoms with Gasteiger partial charge in [-0.2, -0.15) is 0 Å². The van der Waals surface area contributed by atoms with Crippen LogP contribution < -0.4 is 11.1 Å². The van der Waals surface area contributed by atoms with Gasteiger partial charge < -0.3 is 11.1 Å². The van der Waals surface area contributed by atoms with Crippen molar-refractivity contribution in [1.29, 1.82) is 0 Å². The average Bonchev–Trinajstić information content (AvgIpc) is 2.05. The number of carbonyl (C=O) groups excluding carboxylic acids is 1. The molecule has 7 heteroatoms. The van der Waals surface area contributed by atoms with Crippen molar-refractivity contribution in [2.45, 2.75) is 11.8 Å². The van der Waals surface area contributed by atoms with Gasteiger partial charge in [0.1, 0.15) is 0 Å². The molecule has 1 rings (SSSR count). The first-order chi connectivity index (χ1) is 6.80. The molecule has 0 aliphatic rings. The lowest BCUT2D eigenvalue weighted by atomic mass is 10.4. The summed E-state index contributed by atoms with van der Waals surface area (Å²) >= 11 is 0. The molecule has 0 saturated carbocycles. The second-order valence-electron chi connectivity index (χ2n) is 3.06. The first-order valence-electron chi connectivity index (χ1n) is 4.04. The van der Waals surface area contributed by atoms with Crippen molar-refractivity contribution >= 4 is 27.2 Å². The van der Waals surface area contributed by atoms with Gasteiger partial charge in [-0.05, 0) is 6.07 Å². The van der Waals surface area contributed by atoms with Crippen LogP contribution in [0.5, 0.6) is 0 Å². The molecule has 0 aliphatic carbocycles. The van der Waals surface area contributed by atoms with Gasteiger partial charge in [-0.1, -0.05) is 0 Å². The van der Waals surface area contributed by atoms with Gasteiger partial charge in [-0.15, -0.1) is 0 Å². The minimum absolute atomic E-state index is 0.0223. The highest BCUT2D eigenvalue weighted by Gasteiger charge is 2.10. The van der Waals surface area contributed by atoms with E-state index in [1.165, 1.54) is 13.0 Å². The standard InChI is InChI=1S/C8H11N3O3S/c1-5(12)11-8-7(9)3-6(4-10-8)15(2,13)14/h3-4H,9H2,1-2H3,(H,10,11,12). The lowest BCUT2D eigenvalue weighted by Crippen LogP contribution is -2.10. The Hall–Kier alpha value is -1.63. The number of carbonyl (C=O) groups is 1. The second kappa shape index (κ2) is 3.85. The minimum Gasteiger partial charge on any atom is -0.396 e. The number of nitrogen functional groups attached to an aromatic ring is 1. The van der Waals surface area contributed by atoms with E-state index in [2.05, 4.69) is 10.3 Å². The molecule has 82 valence electrons. The topological polar surface area (TPSA) is 102 Å². The normalized spacial score (nSPS) is 11.1. The Morgan fingerprint density at radius 2 is 2.13 bits per heavy atom. The molecule has 0 spiro atoms. The van der Waals surface area contributed by atoms with E-state index in [-0.39, 0.29) is 22.3 Å². The van der Waals surface area contributed by atoms with E-state index in [1.54, 1.807) is 0 Å². The van der Waals surface area contributed by atoms with E-state index in [0.29, 0.717) is 0 Å². The number of hydrogen-bond donors (Lipinski definition) is 2. The molecule has 1 aromatic heterocycles. The molecule has 0 bridgehead atoms. The Morgan fingerprint density at radius 1 is 1.53 bits per heavy atom. The fourth-order valence-corrected chi connectivity index (χ4v) is 1.52. The number of rotatable bonds is 2. The highest BCUT2D eigenvalue weighted by molar-refractivity contribution is 7.90. The van der Waals surface area contributed by atoms with Gasteiger partial charge in [-0.3, -0.25) is 4.79 Å². The highest BCUT2D eigenvalue weighted by Crippen LogP contribution is 2.19. The van der Waals surface area contributed by atoms with Crippen LogP contribution in [0.25, 0.3) is 0 Å². The Morgan fingerprint density at radius 3 is 2.53 bits per heavy atom. The zero-order chi connectivity index (χ0) is 11.6. The molecule has 0 aliphatic heterocycles. The van der Waals surface area contributed by atoms with Crippen molar-refractivity contribution in [3.8, 4) is 0 Å². The molecule has 0 saturated heterocycles. The molecule has 15 heavy (non-hydrogen) atoms. The van der Waals surface area contributed by atoms with Crippen molar-refractivity contribution in [1.82, 2.24) is 4.98 Å². The quantitative estimate of drug-likeness (QED) is 0.744. The third kappa shape index (κ3) is 2.91. The van der Waals surface area contributed by atoms with Gasteiger partial charge in [0.15, 0.2) is 15.7 Å². The average molecular weight is 229 g/mol. The summed E-state index contributed by atoms with van der Waals surface area (Å²) in [6.07, 6.45) is 2.21. The summed E-state index contributed by atoms with van der Waals surface area (Å²) in [4.78, 5) is 14.5. The fraction of sp³-hybridized carbons (Fsp3) is 0.250. The zero-order valence-electron chi connectivity index (χ0n) is 8.31. The third-order valence-electron chi connectivity index (χ3n) is 1.61. The molecule has 1 heterocycles. The number of nitrogens with two attached hydrogens (primary N) is 1. The van der Waals surface area contributed by atoms with E-state index < -0.39 is 9.84 Å². The monoisotopic (exact) mass is 229 g/mol. The molecule has 6 nitrogen and oxygen atoms in total. The van der Waals surface area contributed by atoms with Crippen molar-refractivity contribution in [3.63, 3.8) is 0 Å². The predicted molar refractivity (Wildman–Crippen MR) is 56.1 cm³/mol. The van der Waals surface area contributed by atoms with Gasteiger partial charge in [0.25, 0.3) is 0 Å². The predicted octanol–water partition coefficient (Wildman–Crippen LogP) is 0.0257. The molecular formula is C8H11N3O3S. The van der Waals surface area contributed by atoms with Crippen LogP contribution in [0.1, 0.15) is 6.92 Å². The zero-order valence-corrected chi connectivity index (χ0v) is 9.13. The van der Waals surface area contributed by atoms with E-state index >= 15 is 0 Å². The van der Waals surface area contributed by atoms with E-state index in [1.807, 2.05) is 0 Å². The maximum atomic E-state index is 11.1. The van der Waals surface area contributed by atoms with Crippen LogP contribution in [0, 0.1) is 0 Å². The number of anilines is 2. The third-order valence-corrected chi connectivity index (χ3v) is 2.69. The lowest BCUT2D eigenvalue weighted by Gasteiger charge is -2.06. The summed E-state index contributed by atoms with van der Waals surface area (Å²) in [6.45, 7) is 1.31. The smallest absolute Gasteiger partial charge is 0.222 e. The maximum Gasteiger partial charge on any atom is 0.222 e. The van der Waals surface area contributed by atoms with Crippen LogP contribution in [0.4, 0.5) is 11.5 Å². The summed E-state index contributed by atoms with van der Waals surface area (Å²) in [5.74, 6) is -0.156. The van der Waals surface area contributed by atoms with Crippen LogP contribution in [-0.4, -0.2) is 25.6 Å². The molecular weight excluding hydrogens is 218 g/mol. The van der Waals surface area contributed by atoms with E-state index in [0.717, 1.165) is 12.5 Å². The lowest BCUT2D eigenvalue weighted by molar-refractivity contribution is -0.114. The first-order valence-corrected chi connectivity index (χ1v) is 5.93. The summed E-state index contributed by atoms with van der Waals surface area (Å²) < 4.78 is 22.3. The molecule has 0 atom stereocenters. The molecule has 1 amide bonds. The SMILES string of the molecule is CC(=O)Nc1ncc(S(C)(=O)=O)cc1N. The summed E-state index contributed by atoms with van der Waals surface area (Å²) in [7, 11) is -3.33. The Balaban J connectivity index is 3.15. The number of amides is 1. The van der Waals surface area contributed by atoms with Gasteiger partial charge in [0, 0.05) is 19.4 Å². The van der Waals surface area contributed by atoms with Crippen LogP contribution >= 0.6 is 0 Å². The number of hydrogen-bond acceptors (Lipinski definition) is 5. The summed E-state index contributed by atoms with van der Waals surface area (Å²) in [5.41, 5.74) is 5.64. The minimum atomic E-state index is -3.33. The second-order valence-corrected chi connectivity index (χ2v) is 5.08. The highest BCUT2D eigenvalue weighted by atomic mass is 32.2. The fourth-order valence-electron chi connectivity index (χ4n) is 0.936. The molecule has 0 fully saturated rings. The van der Waals surface area contributed by atoms with Crippen LogP contribution in [0.15, 0.2) is 17.2 Å². The number of nitrogens with zero attached hydrogens (tertiary/aromatic N) is 1. The Bertz CT molecular complexity index is 496. The van der Waals surface area contributed by atoms with E-state index in [9.17, 15) is 13.2 Å². The number of pyridine rings is 1. The number of nitrogens with one attached hydrogen (secondary N) is 1. The van der Waals surface area contributed by atoms with Crippen LogP contribution in [0.2, 0.25) is 0 Å². The molecule has 0 radical (unpaired) electrons. The summed E-state index contributed by atoms with van der Waals surface area (Å²) in [5, 5.41) is 2.38. The van der Waals surface area contributed by atoms with Crippen molar-refractivity contribution in [2.75, 3.05) is 17.3 Å². The van der Waals surface area contributed by atoms with Gasteiger partial charge in [0.05, 0.1) is 10.6 Å². The Labute approximate surface area is 87.4 Å². The van der Waals surface area contributed by atoms with Gasteiger partial charge in [-0.25, -0.2) is 13.4 Å². The summed E-state index contributed by atoms with van der Waals surface area (Å²) in [6, 6.07) is 1.26. The molecule has 3 N–H and O–H groups in total.